The largest absolute Gasteiger partial charge is 0.154 e. The maximum atomic E-state index is 2.78. The van der Waals surface area contributed by atoms with Gasteiger partial charge in [0.05, 0.1) is 0 Å². The molecule has 6 rings (SSSR count). The predicted octanol–water partition coefficient (Wildman–Crippen LogP) is 7.85. The maximum Gasteiger partial charge on any atom is 0.0140 e. The van der Waals surface area contributed by atoms with Gasteiger partial charge in [0.2, 0.25) is 0 Å². The Kier molecular flexibility index (Phi) is 4.19. The van der Waals surface area contributed by atoms with Crippen LogP contribution in [-0.2, 0) is 0 Å². The molecule has 8 unspecified atom stereocenters. The van der Waals surface area contributed by atoms with E-state index in [2.05, 4.69) is 39.5 Å². The van der Waals surface area contributed by atoms with Crippen LogP contribution in [0.25, 0.3) is 0 Å². The lowest BCUT2D eigenvalue weighted by Crippen LogP contribution is -2.50. The van der Waals surface area contributed by atoms with E-state index in [9.17, 15) is 0 Å². The van der Waals surface area contributed by atoms with Crippen molar-refractivity contribution in [2.24, 2.45) is 33.5 Å². The van der Waals surface area contributed by atoms with Crippen LogP contribution >= 0.6 is 11.8 Å². The van der Waals surface area contributed by atoms with E-state index in [1.54, 1.807) is 12.8 Å². The average Bonchev–Trinajstić information content (AvgIpc) is 2.88. The van der Waals surface area contributed by atoms with E-state index in [1.165, 1.54) is 70.6 Å². The van der Waals surface area contributed by atoms with Gasteiger partial charge in [-0.15, -0.1) is 0 Å². The van der Waals surface area contributed by atoms with E-state index in [4.69, 9.17) is 0 Å². The fourth-order valence-corrected chi connectivity index (χ4v) is 11.2. The molecule has 26 heavy (non-hydrogen) atoms. The maximum absolute atomic E-state index is 2.78. The second-order valence-electron chi connectivity index (χ2n) is 12.2. The highest BCUT2D eigenvalue weighted by Gasteiger charge is 2.63. The summed E-state index contributed by atoms with van der Waals surface area (Å²) < 4.78 is 0. The summed E-state index contributed by atoms with van der Waals surface area (Å²) in [5, 5.41) is 1.97. The first kappa shape index (κ1) is 18.4. The Labute approximate surface area is 167 Å². The Bertz CT molecular complexity index is 571. The lowest BCUT2D eigenvalue weighted by atomic mass is 9.51. The van der Waals surface area contributed by atoms with Gasteiger partial charge in [-0.05, 0) is 91.3 Å². The van der Waals surface area contributed by atoms with Crippen molar-refractivity contribution in [2.75, 3.05) is 0 Å². The van der Waals surface area contributed by atoms with Gasteiger partial charge in [0.1, 0.15) is 0 Å². The molecule has 0 N–H and O–H groups in total. The molecule has 0 nitrogen and oxygen atoms in total. The van der Waals surface area contributed by atoms with E-state index in [0.29, 0.717) is 21.7 Å². The summed E-state index contributed by atoms with van der Waals surface area (Å²) >= 11 is 2.52. The summed E-state index contributed by atoms with van der Waals surface area (Å²) in [4.78, 5) is 0. The highest BCUT2D eigenvalue weighted by atomic mass is 32.2. The Balaban J connectivity index is 1.67. The van der Waals surface area contributed by atoms with Crippen molar-refractivity contribution < 1.29 is 0 Å². The van der Waals surface area contributed by atoms with Gasteiger partial charge in [-0.1, -0.05) is 53.4 Å². The minimum atomic E-state index is 0.580. The monoisotopic (exact) mass is 374 g/mol. The molecule has 0 aromatic heterocycles. The molecule has 6 aliphatic rings. The smallest absolute Gasteiger partial charge is 0.0140 e. The highest BCUT2D eigenvalue weighted by Crippen LogP contribution is 2.71. The molecule has 0 aromatic carbocycles. The lowest BCUT2D eigenvalue weighted by Gasteiger charge is -2.55. The normalized spacial score (nSPS) is 59.5. The number of hydrogen-bond acceptors (Lipinski definition) is 1. The Morgan fingerprint density at radius 3 is 2.12 bits per heavy atom. The molecular formula is C25H42S. The molecule has 1 aliphatic heterocycles. The van der Waals surface area contributed by atoms with E-state index in [1.807, 2.05) is 0 Å². The predicted molar refractivity (Wildman–Crippen MR) is 115 cm³/mol. The molecule has 0 radical (unpaired) electrons. The fourth-order valence-electron chi connectivity index (χ4n) is 8.83. The quantitative estimate of drug-likeness (QED) is 0.416. The molecular weight excluding hydrogens is 332 g/mol. The molecule has 6 fully saturated rings. The molecule has 0 amide bonds. The summed E-state index contributed by atoms with van der Waals surface area (Å²) in [5.74, 6) is 2.08. The van der Waals surface area contributed by atoms with Gasteiger partial charge < -0.3 is 0 Å². The third-order valence-electron chi connectivity index (χ3n) is 11.3. The zero-order valence-electron chi connectivity index (χ0n) is 17.9. The van der Waals surface area contributed by atoms with Crippen LogP contribution in [0.5, 0.6) is 0 Å². The van der Waals surface area contributed by atoms with Gasteiger partial charge in [0.15, 0.2) is 0 Å². The second-order valence-corrected chi connectivity index (χ2v) is 13.6. The minimum absolute atomic E-state index is 0.580. The molecule has 1 heteroatoms. The number of thioether (sulfide) groups is 1. The first-order valence-electron chi connectivity index (χ1n) is 12.0. The molecule has 148 valence electrons. The van der Waals surface area contributed by atoms with Crippen LogP contribution in [0.2, 0.25) is 0 Å². The van der Waals surface area contributed by atoms with Crippen LogP contribution in [0.15, 0.2) is 0 Å². The molecule has 0 spiro atoms. The first-order valence-corrected chi connectivity index (χ1v) is 12.9. The van der Waals surface area contributed by atoms with Crippen LogP contribution in [0.1, 0.15) is 111 Å². The summed E-state index contributed by atoms with van der Waals surface area (Å²) in [6.45, 7) is 11.0. The number of fused-ring (bicyclic) bond motifs is 3. The third-order valence-corrected chi connectivity index (χ3v) is 13.4. The van der Waals surface area contributed by atoms with E-state index < -0.39 is 0 Å². The van der Waals surface area contributed by atoms with Gasteiger partial charge >= 0.3 is 0 Å². The molecule has 4 bridgehead atoms. The van der Waals surface area contributed by atoms with Crippen molar-refractivity contribution in [3.8, 4) is 0 Å². The summed E-state index contributed by atoms with van der Waals surface area (Å²) in [6, 6.07) is 0. The first-order chi connectivity index (χ1) is 12.3. The van der Waals surface area contributed by atoms with Crippen molar-refractivity contribution in [3.63, 3.8) is 0 Å². The third kappa shape index (κ3) is 2.34. The molecule has 5 aliphatic carbocycles. The van der Waals surface area contributed by atoms with Crippen molar-refractivity contribution >= 4 is 11.8 Å². The lowest BCUT2D eigenvalue weighted by molar-refractivity contribution is -0.0281. The van der Waals surface area contributed by atoms with Gasteiger partial charge in [-0.3, -0.25) is 0 Å². The summed E-state index contributed by atoms with van der Waals surface area (Å²) in [7, 11) is 0. The molecule has 1 saturated heterocycles. The van der Waals surface area contributed by atoms with Crippen LogP contribution in [0.3, 0.4) is 0 Å². The minimum Gasteiger partial charge on any atom is -0.154 e. The van der Waals surface area contributed by atoms with Crippen LogP contribution in [0.4, 0.5) is 0 Å². The fraction of sp³-hybridized carbons (Fsp3) is 1.00. The van der Waals surface area contributed by atoms with Gasteiger partial charge in [0.25, 0.3) is 0 Å². The Hall–Kier alpha value is 0.350. The molecule has 5 saturated carbocycles. The van der Waals surface area contributed by atoms with Crippen LogP contribution < -0.4 is 0 Å². The van der Waals surface area contributed by atoms with Gasteiger partial charge in [-0.2, -0.15) is 11.8 Å². The van der Waals surface area contributed by atoms with Crippen LogP contribution in [-0.4, -0.2) is 10.5 Å². The Morgan fingerprint density at radius 2 is 1.27 bits per heavy atom. The van der Waals surface area contributed by atoms with E-state index in [-0.39, 0.29) is 0 Å². The van der Waals surface area contributed by atoms with Crippen molar-refractivity contribution in [3.05, 3.63) is 0 Å². The number of rotatable bonds is 0. The topological polar surface area (TPSA) is 0 Å². The molecule has 8 atom stereocenters. The standard InChI is InChI=1S/C25H42S/c1-22-11-7-12-23(2,16-15-22)25(4)14-8-13-24(22,3)17-19-18-9-5-6-10-20(18)26-21(19)25/h18-21H,5-17H2,1-4H3. The average molecular weight is 375 g/mol. The molecule has 0 aromatic rings. The van der Waals surface area contributed by atoms with Crippen molar-refractivity contribution in [1.29, 1.82) is 0 Å². The molecule has 1 heterocycles. The summed E-state index contributed by atoms with van der Waals surface area (Å²) in [6.07, 6.45) is 19.7. The zero-order chi connectivity index (χ0) is 18.2. The Morgan fingerprint density at radius 1 is 0.615 bits per heavy atom. The second kappa shape index (κ2) is 5.93. The SMILES string of the molecule is CC12CCCC(C)(CC1)C1(C)CCCC2(C)CC2C3CCCCC3SC21. The van der Waals surface area contributed by atoms with E-state index in [0.717, 1.165) is 22.3 Å². The van der Waals surface area contributed by atoms with Crippen LogP contribution in [0, 0.1) is 33.5 Å². The summed E-state index contributed by atoms with van der Waals surface area (Å²) in [5.41, 5.74) is 2.36. The number of hydrogen-bond donors (Lipinski definition) is 0. The van der Waals surface area contributed by atoms with Gasteiger partial charge in [0, 0.05) is 10.5 Å². The van der Waals surface area contributed by atoms with Gasteiger partial charge in [-0.25, -0.2) is 0 Å². The van der Waals surface area contributed by atoms with Crippen molar-refractivity contribution in [1.82, 2.24) is 0 Å². The zero-order valence-corrected chi connectivity index (χ0v) is 18.7. The van der Waals surface area contributed by atoms with Crippen molar-refractivity contribution in [2.45, 2.75) is 122 Å². The highest BCUT2D eigenvalue weighted by molar-refractivity contribution is 8.00. The van der Waals surface area contributed by atoms with E-state index >= 15 is 0 Å².